The van der Waals surface area contributed by atoms with Gasteiger partial charge in [-0.05, 0) is 36.2 Å². The Morgan fingerprint density at radius 2 is 1.90 bits per heavy atom. The van der Waals surface area contributed by atoms with Crippen LogP contribution in [0.15, 0.2) is 42.6 Å². The quantitative estimate of drug-likeness (QED) is 0.741. The minimum atomic E-state index is -4.31. The van der Waals surface area contributed by atoms with E-state index in [1.807, 2.05) is 6.08 Å². The lowest BCUT2D eigenvalue weighted by atomic mass is 10.1. The third-order valence-corrected chi connectivity index (χ3v) is 2.96. The third kappa shape index (κ3) is 3.84. The van der Waals surface area contributed by atoms with Crippen molar-refractivity contribution in [1.29, 1.82) is 0 Å². The molecule has 20 heavy (non-hydrogen) atoms. The van der Waals surface area contributed by atoms with Gasteiger partial charge < -0.3 is 0 Å². The van der Waals surface area contributed by atoms with E-state index in [0.29, 0.717) is 17.1 Å². The van der Waals surface area contributed by atoms with Crippen LogP contribution < -0.4 is 0 Å². The third-order valence-electron chi connectivity index (χ3n) is 2.64. The van der Waals surface area contributed by atoms with Gasteiger partial charge in [-0.1, -0.05) is 35.9 Å². The summed E-state index contributed by atoms with van der Waals surface area (Å²) < 4.78 is 37.2. The molecule has 0 aliphatic carbocycles. The summed E-state index contributed by atoms with van der Waals surface area (Å²) in [6, 6.07) is 9.58. The molecular weight excluding hydrogens is 287 g/mol. The lowest BCUT2D eigenvalue weighted by Crippen LogP contribution is -2.03. The first-order valence-corrected chi connectivity index (χ1v) is 6.19. The Morgan fingerprint density at radius 3 is 2.50 bits per heavy atom. The zero-order valence-electron chi connectivity index (χ0n) is 10.3. The number of pyridine rings is 1. The van der Waals surface area contributed by atoms with Crippen LogP contribution in [0.3, 0.4) is 0 Å². The average Bonchev–Trinajstić information content (AvgIpc) is 2.40. The van der Waals surface area contributed by atoms with Gasteiger partial charge in [0.05, 0.1) is 5.56 Å². The molecule has 1 aromatic heterocycles. The molecule has 1 aromatic carbocycles. The lowest BCUT2D eigenvalue weighted by molar-refractivity contribution is -0.137. The van der Waals surface area contributed by atoms with E-state index >= 15 is 0 Å². The van der Waals surface area contributed by atoms with Crippen LogP contribution >= 0.6 is 11.6 Å². The van der Waals surface area contributed by atoms with Crippen molar-refractivity contribution < 1.29 is 13.2 Å². The number of rotatable bonds is 3. The molecule has 0 N–H and O–H groups in total. The van der Waals surface area contributed by atoms with E-state index in [9.17, 15) is 13.2 Å². The normalized spacial score (nSPS) is 12.0. The fourth-order valence-electron chi connectivity index (χ4n) is 1.62. The highest BCUT2D eigenvalue weighted by atomic mass is 35.5. The number of aromatic nitrogens is 1. The molecule has 0 atom stereocenters. The van der Waals surface area contributed by atoms with Crippen LogP contribution in [-0.2, 0) is 12.6 Å². The maximum Gasteiger partial charge on any atom is 0.416 e. The first-order chi connectivity index (χ1) is 9.47. The maximum atomic E-state index is 12.4. The summed E-state index contributed by atoms with van der Waals surface area (Å²) in [7, 11) is 0. The van der Waals surface area contributed by atoms with Gasteiger partial charge in [0.1, 0.15) is 5.15 Å². The van der Waals surface area contributed by atoms with Gasteiger partial charge in [-0.25, -0.2) is 4.98 Å². The van der Waals surface area contributed by atoms with E-state index in [1.54, 1.807) is 18.3 Å². The molecule has 0 saturated heterocycles. The van der Waals surface area contributed by atoms with Crippen molar-refractivity contribution in [2.75, 3.05) is 0 Å². The van der Waals surface area contributed by atoms with Gasteiger partial charge in [0.15, 0.2) is 0 Å². The Kier molecular flexibility index (Phi) is 4.45. The van der Waals surface area contributed by atoms with Gasteiger partial charge in [0.2, 0.25) is 0 Å². The van der Waals surface area contributed by atoms with E-state index in [1.165, 1.54) is 12.1 Å². The van der Waals surface area contributed by atoms with Gasteiger partial charge in [-0.2, -0.15) is 13.2 Å². The summed E-state index contributed by atoms with van der Waals surface area (Å²) in [5, 5.41) is 0.379. The minimum Gasteiger partial charge on any atom is -0.244 e. The molecule has 2 rings (SSSR count). The van der Waals surface area contributed by atoms with E-state index in [-0.39, 0.29) is 0 Å². The van der Waals surface area contributed by atoms with Gasteiger partial charge >= 0.3 is 6.18 Å². The van der Waals surface area contributed by atoms with Gasteiger partial charge in [0, 0.05) is 11.8 Å². The summed E-state index contributed by atoms with van der Waals surface area (Å²) in [5.74, 6) is 0. The smallest absolute Gasteiger partial charge is 0.244 e. The van der Waals surface area contributed by atoms with Crippen molar-refractivity contribution in [2.45, 2.75) is 12.6 Å². The van der Waals surface area contributed by atoms with Crippen molar-refractivity contribution in [2.24, 2.45) is 0 Å². The van der Waals surface area contributed by atoms with Gasteiger partial charge in [-0.3, -0.25) is 0 Å². The number of benzene rings is 1. The van der Waals surface area contributed by atoms with Crippen LogP contribution in [0.25, 0.3) is 6.08 Å². The number of allylic oxidation sites excluding steroid dienone is 1. The van der Waals surface area contributed by atoms with Crippen LogP contribution in [0.1, 0.15) is 16.7 Å². The van der Waals surface area contributed by atoms with E-state index in [0.717, 1.165) is 17.7 Å². The Balaban J connectivity index is 2.04. The second-order valence-electron chi connectivity index (χ2n) is 4.08. The van der Waals surface area contributed by atoms with Crippen LogP contribution in [0.2, 0.25) is 5.15 Å². The second-order valence-corrected chi connectivity index (χ2v) is 4.44. The molecule has 1 heterocycles. The van der Waals surface area contributed by atoms with E-state index in [4.69, 9.17) is 11.6 Å². The molecule has 2 aromatic rings. The highest BCUT2D eigenvalue weighted by Gasteiger charge is 2.29. The molecule has 0 bridgehead atoms. The van der Waals surface area contributed by atoms with Crippen LogP contribution in [0.5, 0.6) is 0 Å². The Hall–Kier alpha value is -1.81. The number of nitrogens with zero attached hydrogens (tertiary/aromatic N) is 1. The molecule has 0 aliphatic rings. The summed E-state index contributed by atoms with van der Waals surface area (Å²) in [4.78, 5) is 3.92. The molecule has 0 fully saturated rings. The highest BCUT2D eigenvalue weighted by molar-refractivity contribution is 6.30. The van der Waals surface area contributed by atoms with Crippen LogP contribution in [0, 0.1) is 6.07 Å². The zero-order valence-corrected chi connectivity index (χ0v) is 11.0. The molecule has 1 nitrogen and oxygen atoms in total. The molecule has 0 amide bonds. The fourth-order valence-corrected chi connectivity index (χ4v) is 1.81. The number of hydrogen-bond donors (Lipinski definition) is 0. The summed E-state index contributed by atoms with van der Waals surface area (Å²) in [5.41, 5.74) is 0.786. The Bertz CT molecular complexity index is 603. The fraction of sp³-hybridized carbons (Fsp3) is 0.133. The van der Waals surface area contributed by atoms with Crippen molar-refractivity contribution in [3.63, 3.8) is 0 Å². The van der Waals surface area contributed by atoms with E-state index in [2.05, 4.69) is 11.1 Å². The molecule has 5 heteroatoms. The van der Waals surface area contributed by atoms with E-state index < -0.39 is 11.7 Å². The van der Waals surface area contributed by atoms with Gasteiger partial charge in [0.25, 0.3) is 0 Å². The molecular formula is C15H10ClF3N. The number of halogens is 4. The molecule has 0 unspecified atom stereocenters. The molecule has 103 valence electrons. The Labute approximate surface area is 119 Å². The lowest BCUT2D eigenvalue weighted by Gasteiger charge is -2.05. The van der Waals surface area contributed by atoms with Crippen molar-refractivity contribution >= 4 is 17.7 Å². The van der Waals surface area contributed by atoms with Crippen molar-refractivity contribution in [3.8, 4) is 0 Å². The summed E-state index contributed by atoms with van der Waals surface area (Å²) in [6.45, 7) is 0. The SMILES string of the molecule is FC(F)(F)c1ccc(C=CCc2[c]ccnc2Cl)cc1. The monoisotopic (exact) mass is 296 g/mol. The van der Waals surface area contributed by atoms with Crippen LogP contribution in [-0.4, -0.2) is 4.98 Å². The standard InChI is InChI=1S/C15H10ClF3N/c16-14-12(5-2-10-20-14)4-1-3-11-6-8-13(9-7-11)15(17,18)19/h1-3,6-10H,4H2. The Morgan fingerprint density at radius 1 is 1.20 bits per heavy atom. The van der Waals surface area contributed by atoms with Gasteiger partial charge in [-0.15, -0.1) is 0 Å². The number of alkyl halides is 3. The molecule has 0 spiro atoms. The number of hydrogen-bond acceptors (Lipinski definition) is 1. The zero-order chi connectivity index (χ0) is 14.6. The molecule has 0 aliphatic heterocycles. The summed E-state index contributed by atoms with van der Waals surface area (Å²) in [6.07, 6.45) is 1.30. The van der Waals surface area contributed by atoms with Crippen molar-refractivity contribution in [1.82, 2.24) is 4.98 Å². The van der Waals surface area contributed by atoms with Crippen molar-refractivity contribution in [3.05, 3.63) is 70.5 Å². The first-order valence-electron chi connectivity index (χ1n) is 5.81. The predicted molar refractivity (Wildman–Crippen MR) is 72.3 cm³/mol. The average molecular weight is 297 g/mol. The maximum absolute atomic E-state index is 12.4. The molecule has 0 saturated carbocycles. The second kappa shape index (κ2) is 6.09. The summed E-state index contributed by atoms with van der Waals surface area (Å²) >= 11 is 5.88. The molecule has 1 radical (unpaired) electrons. The largest absolute Gasteiger partial charge is 0.416 e. The minimum absolute atomic E-state index is 0.379. The predicted octanol–water partition coefficient (Wildman–Crippen LogP) is 4.81. The van der Waals surface area contributed by atoms with Crippen LogP contribution in [0.4, 0.5) is 13.2 Å². The highest BCUT2D eigenvalue weighted by Crippen LogP contribution is 2.29. The topological polar surface area (TPSA) is 12.9 Å². The first kappa shape index (κ1) is 14.6.